The van der Waals surface area contributed by atoms with Gasteiger partial charge in [0.25, 0.3) is 0 Å². The number of Topliss-reactive ketones (excluding diaryl/α,β-unsaturated/α-hetero) is 1. The first-order valence-electron chi connectivity index (χ1n) is 10.2. The van der Waals surface area contributed by atoms with E-state index in [1.807, 2.05) is 13.0 Å². The summed E-state index contributed by atoms with van der Waals surface area (Å²) in [5.74, 6) is -4.11. The number of pyridine rings is 1. The summed E-state index contributed by atoms with van der Waals surface area (Å²) >= 11 is 0. The zero-order valence-corrected chi connectivity index (χ0v) is 17.8. The van der Waals surface area contributed by atoms with Crippen LogP contribution in [-0.2, 0) is 9.53 Å². The number of aromatic nitrogens is 1. The molecule has 1 aliphatic rings. The molecule has 3 rings (SSSR count). The van der Waals surface area contributed by atoms with Gasteiger partial charge >= 0.3 is 5.97 Å². The number of carbonyl (C=O) groups is 2. The van der Waals surface area contributed by atoms with E-state index < -0.39 is 34.5 Å². The maximum atomic E-state index is 14.9. The molecule has 1 unspecified atom stereocenters. The molecular formula is C23H24F2N2O5. The Kier molecular flexibility index (Phi) is 7.40. The molecule has 1 fully saturated rings. The van der Waals surface area contributed by atoms with Crippen molar-refractivity contribution in [2.75, 3.05) is 24.7 Å². The number of benzene rings is 1. The van der Waals surface area contributed by atoms with Crippen LogP contribution in [-0.4, -0.2) is 47.6 Å². The highest BCUT2D eigenvalue weighted by Crippen LogP contribution is 2.31. The Morgan fingerprint density at radius 2 is 2.09 bits per heavy atom. The summed E-state index contributed by atoms with van der Waals surface area (Å²) in [6.45, 7) is 4.31. The second-order valence-electron chi connectivity index (χ2n) is 7.33. The van der Waals surface area contributed by atoms with E-state index in [2.05, 4.69) is 4.98 Å². The van der Waals surface area contributed by atoms with Gasteiger partial charge in [-0.2, -0.15) is 0 Å². The van der Waals surface area contributed by atoms with Crippen molar-refractivity contribution >= 4 is 17.4 Å². The van der Waals surface area contributed by atoms with Crippen LogP contribution in [0, 0.1) is 18.6 Å². The monoisotopic (exact) mass is 446 g/mol. The van der Waals surface area contributed by atoms with Crippen LogP contribution in [0.4, 0.5) is 14.5 Å². The molecule has 2 heterocycles. The minimum Gasteiger partial charge on any atom is -0.500 e. The van der Waals surface area contributed by atoms with E-state index in [4.69, 9.17) is 9.47 Å². The Labute approximate surface area is 184 Å². The lowest BCUT2D eigenvalue weighted by molar-refractivity contribution is -0.132. The van der Waals surface area contributed by atoms with Gasteiger partial charge in [0.05, 0.1) is 23.9 Å². The number of carboxylic acids is 1. The first-order valence-corrected chi connectivity index (χ1v) is 10.2. The van der Waals surface area contributed by atoms with E-state index in [1.54, 1.807) is 24.1 Å². The number of hydrogen-bond acceptors (Lipinski definition) is 6. The van der Waals surface area contributed by atoms with Gasteiger partial charge in [-0.1, -0.05) is 6.07 Å². The van der Waals surface area contributed by atoms with Crippen molar-refractivity contribution in [2.45, 2.75) is 32.7 Å². The van der Waals surface area contributed by atoms with Crippen LogP contribution in [0.1, 0.15) is 35.7 Å². The topological polar surface area (TPSA) is 89.0 Å². The quantitative estimate of drug-likeness (QED) is 0.205. The Bertz CT molecular complexity index is 1040. The van der Waals surface area contributed by atoms with Gasteiger partial charge in [-0.25, -0.2) is 18.6 Å². The van der Waals surface area contributed by atoms with Crippen molar-refractivity contribution in [1.82, 2.24) is 4.98 Å². The van der Waals surface area contributed by atoms with Gasteiger partial charge in [-0.15, -0.1) is 0 Å². The molecule has 1 N–H and O–H groups in total. The van der Waals surface area contributed by atoms with E-state index in [9.17, 15) is 23.5 Å². The Morgan fingerprint density at radius 1 is 1.31 bits per heavy atom. The van der Waals surface area contributed by atoms with Crippen molar-refractivity contribution in [3.63, 3.8) is 0 Å². The molecule has 0 saturated carbocycles. The summed E-state index contributed by atoms with van der Waals surface area (Å²) in [4.78, 5) is 29.7. The summed E-state index contributed by atoms with van der Waals surface area (Å²) in [5, 5.41) is 9.21. The molecule has 1 atom stereocenters. The van der Waals surface area contributed by atoms with Crippen molar-refractivity contribution in [3.8, 4) is 5.88 Å². The van der Waals surface area contributed by atoms with Crippen molar-refractivity contribution in [1.29, 1.82) is 0 Å². The number of ether oxygens (including phenoxy) is 2. The van der Waals surface area contributed by atoms with Crippen molar-refractivity contribution < 1.29 is 33.0 Å². The minimum absolute atomic E-state index is 0.00597. The van der Waals surface area contributed by atoms with Crippen LogP contribution >= 0.6 is 0 Å². The fourth-order valence-electron chi connectivity index (χ4n) is 3.57. The number of halogens is 2. The summed E-state index contributed by atoms with van der Waals surface area (Å²) in [5.41, 5.74) is -0.591. The van der Waals surface area contributed by atoms with Gasteiger partial charge < -0.3 is 19.5 Å². The minimum atomic E-state index is -1.59. The Balaban J connectivity index is 1.82. The Hall–Kier alpha value is -3.49. The lowest BCUT2D eigenvalue weighted by Crippen LogP contribution is -2.35. The molecule has 1 aromatic carbocycles. The molecular weight excluding hydrogens is 422 g/mol. The van der Waals surface area contributed by atoms with Gasteiger partial charge in [0.15, 0.2) is 0 Å². The average Bonchev–Trinajstić information content (AvgIpc) is 3.22. The average molecular weight is 446 g/mol. The lowest BCUT2D eigenvalue weighted by Gasteiger charge is -2.27. The highest BCUT2D eigenvalue weighted by atomic mass is 19.1. The zero-order chi connectivity index (χ0) is 23.3. The molecule has 9 heteroatoms. The SMILES string of the molecule is CCO/C=C(\C(=O)O)C(=O)c1cc(F)c(N2CCCC2COc2ncccc2C)cc1F. The summed E-state index contributed by atoms with van der Waals surface area (Å²) in [6, 6.07) is 5.11. The lowest BCUT2D eigenvalue weighted by atomic mass is 10.0. The highest BCUT2D eigenvalue weighted by Gasteiger charge is 2.30. The number of hydrogen-bond donors (Lipinski definition) is 1. The third-order valence-electron chi connectivity index (χ3n) is 5.18. The molecule has 170 valence electrons. The standard InChI is InChI=1S/C23H24F2N2O5/c1-3-31-13-17(23(29)30)21(28)16-10-19(25)20(11-18(16)24)27-9-5-7-15(27)12-32-22-14(2)6-4-8-26-22/h4,6,8,10-11,13,15H,3,5,7,9,12H2,1-2H3,(H,29,30)/b17-13-. The van der Waals surface area contributed by atoms with Crippen LogP contribution < -0.4 is 9.64 Å². The number of carbonyl (C=O) groups excluding carboxylic acids is 1. The maximum Gasteiger partial charge on any atom is 0.342 e. The van der Waals surface area contributed by atoms with Gasteiger partial charge in [-0.05, 0) is 38.8 Å². The van der Waals surface area contributed by atoms with Crippen LogP contribution in [0.25, 0.3) is 0 Å². The van der Waals surface area contributed by atoms with E-state index in [0.29, 0.717) is 18.8 Å². The van der Waals surface area contributed by atoms with Crippen LogP contribution in [0.2, 0.25) is 0 Å². The normalized spacial score (nSPS) is 16.2. The second-order valence-corrected chi connectivity index (χ2v) is 7.33. The Morgan fingerprint density at radius 3 is 2.78 bits per heavy atom. The van der Waals surface area contributed by atoms with Gasteiger partial charge in [-0.3, -0.25) is 4.79 Å². The number of rotatable bonds is 9. The fourth-order valence-corrected chi connectivity index (χ4v) is 3.57. The fraction of sp³-hybridized carbons (Fsp3) is 0.348. The number of aliphatic carboxylic acids is 1. The second kappa shape index (κ2) is 10.2. The van der Waals surface area contributed by atoms with Gasteiger partial charge in [0.2, 0.25) is 11.7 Å². The highest BCUT2D eigenvalue weighted by molar-refractivity contribution is 6.23. The first-order chi connectivity index (χ1) is 15.3. The third kappa shape index (κ3) is 5.04. The van der Waals surface area contributed by atoms with Crippen molar-refractivity contribution in [2.24, 2.45) is 0 Å². The van der Waals surface area contributed by atoms with E-state index in [1.165, 1.54) is 0 Å². The molecule has 0 radical (unpaired) electrons. The predicted octanol–water partition coefficient (Wildman–Crippen LogP) is 3.90. The largest absolute Gasteiger partial charge is 0.500 e. The van der Waals surface area contributed by atoms with Gasteiger partial charge in [0, 0.05) is 24.4 Å². The molecule has 1 saturated heterocycles. The third-order valence-corrected chi connectivity index (χ3v) is 5.18. The molecule has 0 spiro atoms. The predicted molar refractivity (Wildman–Crippen MR) is 113 cm³/mol. The molecule has 0 bridgehead atoms. The zero-order valence-electron chi connectivity index (χ0n) is 17.8. The molecule has 0 amide bonds. The van der Waals surface area contributed by atoms with E-state index in [-0.39, 0.29) is 24.9 Å². The molecule has 1 aliphatic heterocycles. The number of carboxylic acid groups (broad SMARTS) is 1. The van der Waals surface area contributed by atoms with Crippen molar-refractivity contribution in [3.05, 3.63) is 65.1 Å². The van der Waals surface area contributed by atoms with Crippen LogP contribution in [0.5, 0.6) is 5.88 Å². The van der Waals surface area contributed by atoms with E-state index >= 15 is 0 Å². The number of nitrogens with zero attached hydrogens (tertiary/aromatic N) is 2. The molecule has 7 nitrogen and oxygen atoms in total. The summed E-state index contributed by atoms with van der Waals surface area (Å²) in [6.07, 6.45) is 3.83. The summed E-state index contributed by atoms with van der Waals surface area (Å²) in [7, 11) is 0. The first kappa shape index (κ1) is 23.2. The van der Waals surface area contributed by atoms with Crippen LogP contribution in [0.15, 0.2) is 42.3 Å². The molecule has 32 heavy (non-hydrogen) atoms. The molecule has 2 aromatic rings. The maximum absolute atomic E-state index is 14.9. The number of aryl methyl sites for hydroxylation is 1. The van der Waals surface area contributed by atoms with E-state index in [0.717, 1.165) is 30.4 Å². The summed E-state index contributed by atoms with van der Waals surface area (Å²) < 4.78 is 40.4. The van der Waals surface area contributed by atoms with Crippen LogP contribution in [0.3, 0.4) is 0 Å². The smallest absolute Gasteiger partial charge is 0.342 e. The van der Waals surface area contributed by atoms with Gasteiger partial charge in [0.1, 0.15) is 30.1 Å². The molecule has 1 aromatic heterocycles. The molecule has 0 aliphatic carbocycles. The number of ketones is 1. The number of anilines is 1.